The van der Waals surface area contributed by atoms with Crippen LogP contribution in [0.15, 0.2) is 6.07 Å². The molecule has 0 aliphatic heterocycles. The second-order valence-electron chi connectivity index (χ2n) is 1.32. The molecule has 0 fully saturated rings. The van der Waals surface area contributed by atoms with E-state index in [1.54, 1.807) is 0 Å². The van der Waals surface area contributed by atoms with Crippen LogP contribution in [0.2, 0.25) is 5.15 Å². The summed E-state index contributed by atoms with van der Waals surface area (Å²) in [5, 5.41) is 8.54. The Bertz CT molecular complexity index is 239. The van der Waals surface area contributed by atoms with Gasteiger partial charge in [-0.3, -0.25) is 0 Å². The molecule has 0 spiro atoms. The average molecular weight is 188 g/mol. The standard InChI is InChI=1S/C4H2ClNO2S.Na.H/c5-3-1-2(4(7)8)9-6-3;;/h1H,(H,7,8);;. The molecule has 1 N–H and O–H groups in total. The van der Waals surface area contributed by atoms with E-state index in [1.165, 1.54) is 6.07 Å². The summed E-state index contributed by atoms with van der Waals surface area (Å²) >= 11 is 6.22. The predicted molar refractivity (Wildman–Crippen MR) is 41.2 cm³/mol. The molecular formula is C4H3ClNNaO2S. The summed E-state index contributed by atoms with van der Waals surface area (Å²) in [6, 6.07) is 1.31. The first-order valence-corrected chi connectivity index (χ1v) is 3.21. The van der Waals surface area contributed by atoms with Crippen LogP contribution < -0.4 is 0 Å². The summed E-state index contributed by atoms with van der Waals surface area (Å²) in [5.41, 5.74) is 0. The summed E-state index contributed by atoms with van der Waals surface area (Å²) in [5.74, 6) is -0.987. The molecule has 0 aliphatic carbocycles. The Morgan fingerprint density at radius 1 is 1.80 bits per heavy atom. The molecule has 6 heteroatoms. The third-order valence-electron chi connectivity index (χ3n) is 0.692. The van der Waals surface area contributed by atoms with E-state index in [4.69, 9.17) is 16.7 Å². The van der Waals surface area contributed by atoms with Gasteiger partial charge in [-0.05, 0) is 11.5 Å². The second kappa shape index (κ2) is 4.31. The van der Waals surface area contributed by atoms with Gasteiger partial charge in [0.05, 0.1) is 0 Å². The molecule has 0 atom stereocenters. The van der Waals surface area contributed by atoms with Crippen LogP contribution in [-0.2, 0) is 0 Å². The number of aromatic nitrogens is 1. The van der Waals surface area contributed by atoms with Crippen molar-refractivity contribution in [1.82, 2.24) is 4.37 Å². The summed E-state index contributed by atoms with van der Waals surface area (Å²) in [7, 11) is 0. The van der Waals surface area contributed by atoms with Crippen molar-refractivity contribution >= 4 is 58.7 Å². The van der Waals surface area contributed by atoms with E-state index >= 15 is 0 Å². The number of aromatic carboxylic acids is 1. The molecule has 1 rings (SSSR count). The molecule has 1 aromatic rings. The number of halogens is 1. The normalized spacial score (nSPS) is 8.50. The van der Waals surface area contributed by atoms with Gasteiger partial charge >= 0.3 is 35.5 Å². The molecule has 0 saturated heterocycles. The monoisotopic (exact) mass is 187 g/mol. The number of carboxylic acids is 1. The minimum absolute atomic E-state index is 0. The van der Waals surface area contributed by atoms with E-state index < -0.39 is 5.97 Å². The van der Waals surface area contributed by atoms with Crippen molar-refractivity contribution in [2.75, 3.05) is 0 Å². The Hall–Kier alpha value is 0.390. The fourth-order valence-electron chi connectivity index (χ4n) is 0.354. The van der Waals surface area contributed by atoms with Crippen LogP contribution in [0.25, 0.3) is 0 Å². The van der Waals surface area contributed by atoms with Gasteiger partial charge in [-0.25, -0.2) is 4.79 Å². The van der Waals surface area contributed by atoms with Gasteiger partial charge in [0.25, 0.3) is 0 Å². The Morgan fingerprint density at radius 2 is 2.40 bits per heavy atom. The van der Waals surface area contributed by atoms with E-state index in [0.717, 1.165) is 11.5 Å². The zero-order valence-corrected chi connectivity index (χ0v) is 5.74. The number of carbonyl (C=O) groups is 1. The predicted octanol–water partition coefficient (Wildman–Crippen LogP) is 0.846. The molecule has 0 radical (unpaired) electrons. The van der Waals surface area contributed by atoms with Gasteiger partial charge in [0, 0.05) is 6.07 Å². The van der Waals surface area contributed by atoms with Crippen LogP contribution >= 0.6 is 23.1 Å². The summed E-state index contributed by atoms with van der Waals surface area (Å²) in [6.45, 7) is 0. The third kappa shape index (κ3) is 2.56. The van der Waals surface area contributed by atoms with Crippen molar-refractivity contribution in [3.8, 4) is 0 Å². The van der Waals surface area contributed by atoms with Crippen LogP contribution in [0.5, 0.6) is 0 Å². The third-order valence-corrected chi connectivity index (χ3v) is 1.76. The van der Waals surface area contributed by atoms with Crippen molar-refractivity contribution < 1.29 is 9.90 Å². The first-order chi connectivity index (χ1) is 4.20. The van der Waals surface area contributed by atoms with E-state index in [-0.39, 0.29) is 39.6 Å². The topological polar surface area (TPSA) is 50.2 Å². The van der Waals surface area contributed by atoms with E-state index in [1.807, 2.05) is 0 Å². The number of hydrogen-bond acceptors (Lipinski definition) is 3. The molecule has 0 bridgehead atoms. The number of hydrogen-bond donors (Lipinski definition) is 1. The van der Waals surface area contributed by atoms with E-state index in [0.29, 0.717) is 0 Å². The molecule has 0 unspecified atom stereocenters. The zero-order valence-electron chi connectivity index (χ0n) is 4.17. The first kappa shape index (κ1) is 10.4. The van der Waals surface area contributed by atoms with Gasteiger partial charge in [0.15, 0.2) is 0 Å². The number of carboxylic acid groups (broad SMARTS) is 1. The van der Waals surface area contributed by atoms with Crippen LogP contribution in [0.4, 0.5) is 0 Å². The second-order valence-corrected chi connectivity index (χ2v) is 2.51. The van der Waals surface area contributed by atoms with E-state index in [9.17, 15) is 4.79 Å². The Morgan fingerprint density at radius 3 is 2.60 bits per heavy atom. The van der Waals surface area contributed by atoms with Gasteiger partial charge in [0.1, 0.15) is 10.0 Å². The minimum atomic E-state index is -0.987. The Kier molecular flexibility index (Phi) is 4.47. The van der Waals surface area contributed by atoms with Crippen LogP contribution in [0.1, 0.15) is 9.67 Å². The van der Waals surface area contributed by atoms with Crippen LogP contribution in [0, 0.1) is 0 Å². The number of nitrogens with zero attached hydrogens (tertiary/aromatic N) is 1. The first-order valence-electron chi connectivity index (χ1n) is 2.05. The molecule has 0 aromatic carbocycles. The van der Waals surface area contributed by atoms with Gasteiger partial charge < -0.3 is 5.11 Å². The van der Waals surface area contributed by atoms with Crippen molar-refractivity contribution in [2.24, 2.45) is 0 Å². The zero-order chi connectivity index (χ0) is 6.85. The molecule has 10 heavy (non-hydrogen) atoms. The van der Waals surface area contributed by atoms with Gasteiger partial charge in [-0.2, -0.15) is 4.37 Å². The molecule has 1 heterocycles. The quantitative estimate of drug-likeness (QED) is 0.663. The molecule has 0 saturated carbocycles. The van der Waals surface area contributed by atoms with Crippen molar-refractivity contribution in [2.45, 2.75) is 0 Å². The maximum atomic E-state index is 10.1. The molecule has 0 amide bonds. The fraction of sp³-hybridized carbons (Fsp3) is 0. The number of rotatable bonds is 1. The van der Waals surface area contributed by atoms with Gasteiger partial charge in [-0.15, -0.1) is 0 Å². The van der Waals surface area contributed by atoms with Crippen molar-refractivity contribution in [1.29, 1.82) is 0 Å². The summed E-state index contributed by atoms with van der Waals surface area (Å²) in [4.78, 5) is 10.3. The van der Waals surface area contributed by atoms with E-state index in [2.05, 4.69) is 4.37 Å². The van der Waals surface area contributed by atoms with Crippen molar-refractivity contribution in [3.63, 3.8) is 0 Å². The van der Waals surface area contributed by atoms with Gasteiger partial charge in [-0.1, -0.05) is 11.6 Å². The Balaban J connectivity index is 0.000000810. The summed E-state index contributed by atoms with van der Waals surface area (Å²) in [6.07, 6.45) is 0. The summed E-state index contributed by atoms with van der Waals surface area (Å²) < 4.78 is 3.56. The molecule has 50 valence electrons. The fourth-order valence-corrected chi connectivity index (χ4v) is 1.11. The Labute approximate surface area is 88.5 Å². The average Bonchev–Trinajstić information content (AvgIpc) is 2.14. The molecule has 0 aliphatic rings. The molecule has 3 nitrogen and oxygen atoms in total. The molecular weight excluding hydrogens is 185 g/mol. The van der Waals surface area contributed by atoms with Gasteiger partial charge in [0.2, 0.25) is 0 Å². The SMILES string of the molecule is O=C(O)c1cc(Cl)ns1.[NaH]. The van der Waals surface area contributed by atoms with Crippen LogP contribution in [-0.4, -0.2) is 45.0 Å². The maximum absolute atomic E-state index is 10.1. The molecule has 1 aromatic heterocycles. The van der Waals surface area contributed by atoms with Crippen LogP contribution in [0.3, 0.4) is 0 Å². The van der Waals surface area contributed by atoms with Crippen molar-refractivity contribution in [3.05, 3.63) is 16.1 Å².